The number of carbonyl (C=O) groups is 1. The third-order valence-electron chi connectivity index (χ3n) is 6.67. The summed E-state index contributed by atoms with van der Waals surface area (Å²) in [6.07, 6.45) is 9.03. The van der Waals surface area contributed by atoms with Crippen molar-refractivity contribution in [2.45, 2.75) is 19.3 Å². The van der Waals surface area contributed by atoms with Crippen LogP contribution < -0.4 is 4.74 Å². The molecule has 1 unspecified atom stereocenters. The summed E-state index contributed by atoms with van der Waals surface area (Å²) < 4.78 is 5.28. The minimum absolute atomic E-state index is 0.0798. The number of hydrogen-bond donors (Lipinski definition) is 1. The van der Waals surface area contributed by atoms with E-state index in [1.807, 2.05) is 54.6 Å². The molecule has 1 N–H and O–H groups in total. The fourth-order valence-corrected chi connectivity index (χ4v) is 4.59. The minimum atomic E-state index is -0.0798. The fourth-order valence-electron chi connectivity index (χ4n) is 4.59. The number of imidazole rings is 1. The quantitative estimate of drug-likeness (QED) is 0.299. The van der Waals surface area contributed by atoms with Gasteiger partial charge in [0.1, 0.15) is 11.6 Å². The maximum atomic E-state index is 13.2. The first kappa shape index (κ1) is 23.0. The summed E-state index contributed by atoms with van der Waals surface area (Å²) in [6.45, 7) is 2.01. The van der Waals surface area contributed by atoms with Crippen LogP contribution in [0, 0.1) is 5.92 Å². The van der Waals surface area contributed by atoms with Crippen LogP contribution in [-0.4, -0.2) is 52.9 Å². The first-order valence-corrected chi connectivity index (χ1v) is 12.1. The van der Waals surface area contributed by atoms with Crippen LogP contribution in [0.2, 0.25) is 0 Å². The van der Waals surface area contributed by atoms with E-state index in [4.69, 9.17) is 9.72 Å². The van der Waals surface area contributed by atoms with Gasteiger partial charge in [0.15, 0.2) is 11.4 Å². The smallest absolute Gasteiger partial charge is 0.178 e. The van der Waals surface area contributed by atoms with Crippen LogP contribution in [0.1, 0.15) is 29.6 Å². The molecule has 3 heterocycles. The molecule has 0 radical (unpaired) electrons. The first-order chi connectivity index (χ1) is 17.1. The van der Waals surface area contributed by atoms with Crippen molar-refractivity contribution in [3.63, 3.8) is 0 Å². The van der Waals surface area contributed by atoms with Gasteiger partial charge in [0, 0.05) is 28.8 Å². The van der Waals surface area contributed by atoms with Crippen LogP contribution in [0.4, 0.5) is 0 Å². The average molecular weight is 467 g/mol. The summed E-state index contributed by atoms with van der Waals surface area (Å²) >= 11 is 0. The van der Waals surface area contributed by atoms with Gasteiger partial charge in [-0.05, 0) is 63.2 Å². The molecule has 5 rings (SSSR count). The molecule has 178 valence electrons. The van der Waals surface area contributed by atoms with Crippen molar-refractivity contribution >= 4 is 16.9 Å². The fraction of sp³-hybridized carbons (Fsp3) is 0.276. The van der Waals surface area contributed by atoms with Crippen molar-refractivity contribution in [3.8, 4) is 28.3 Å². The number of nitrogens with zero attached hydrogens (tertiary/aromatic N) is 3. The van der Waals surface area contributed by atoms with E-state index in [0.717, 1.165) is 71.7 Å². The van der Waals surface area contributed by atoms with Gasteiger partial charge >= 0.3 is 0 Å². The molecule has 0 amide bonds. The van der Waals surface area contributed by atoms with Gasteiger partial charge in [0.2, 0.25) is 0 Å². The molecule has 1 atom stereocenters. The molecule has 6 heteroatoms. The summed E-state index contributed by atoms with van der Waals surface area (Å²) in [5.74, 6) is 1.65. The molecule has 6 nitrogen and oxygen atoms in total. The summed E-state index contributed by atoms with van der Waals surface area (Å²) in [5, 5.41) is 0. The lowest BCUT2D eigenvalue weighted by molar-refractivity contribution is 0.0934. The van der Waals surface area contributed by atoms with E-state index >= 15 is 0 Å². The van der Waals surface area contributed by atoms with E-state index in [0.29, 0.717) is 5.65 Å². The summed E-state index contributed by atoms with van der Waals surface area (Å²) in [6, 6.07) is 17.7. The molecule has 2 aromatic carbocycles. The third kappa shape index (κ3) is 5.03. The van der Waals surface area contributed by atoms with Gasteiger partial charge in [0.25, 0.3) is 0 Å². The molecular formula is C29H30N4O2. The standard InChI is InChI=1S/C29H30N4O2/c1-33-18-5-3-4-6-21(16-19-33)27(34)22-7-9-23(10-8-22)28-31-26-25(15-17-30-29(26)32-28)20-11-13-24(35-2)14-12-20/h4,6-15,17,21H,3,5,16,18-19H2,1-2H3,(H,30,31,32)/b6-4+. The lowest BCUT2D eigenvalue weighted by Crippen LogP contribution is -2.24. The van der Waals surface area contributed by atoms with Crippen molar-refractivity contribution in [2.75, 3.05) is 27.2 Å². The molecule has 0 saturated heterocycles. The number of aromatic amines is 1. The van der Waals surface area contributed by atoms with Crippen molar-refractivity contribution in [1.82, 2.24) is 19.9 Å². The number of pyridine rings is 1. The van der Waals surface area contributed by atoms with Crippen molar-refractivity contribution in [3.05, 3.63) is 78.5 Å². The van der Waals surface area contributed by atoms with Crippen LogP contribution >= 0.6 is 0 Å². The Kier molecular flexibility index (Phi) is 6.73. The van der Waals surface area contributed by atoms with Gasteiger partial charge in [-0.25, -0.2) is 9.97 Å². The molecule has 2 aromatic heterocycles. The number of ether oxygens (including phenoxy) is 1. The number of rotatable bonds is 5. The maximum absolute atomic E-state index is 13.2. The molecule has 0 saturated carbocycles. The average Bonchev–Trinajstić information content (AvgIpc) is 3.37. The lowest BCUT2D eigenvalue weighted by atomic mass is 9.93. The number of fused-ring (bicyclic) bond motifs is 1. The number of benzene rings is 2. The van der Waals surface area contributed by atoms with E-state index in [1.165, 1.54) is 0 Å². The van der Waals surface area contributed by atoms with Crippen LogP contribution in [0.5, 0.6) is 5.75 Å². The van der Waals surface area contributed by atoms with E-state index < -0.39 is 0 Å². The number of methoxy groups -OCH3 is 1. The Morgan fingerprint density at radius 3 is 2.57 bits per heavy atom. The van der Waals surface area contributed by atoms with E-state index in [9.17, 15) is 4.79 Å². The van der Waals surface area contributed by atoms with Crippen molar-refractivity contribution < 1.29 is 9.53 Å². The summed E-state index contributed by atoms with van der Waals surface area (Å²) in [7, 11) is 3.79. The van der Waals surface area contributed by atoms with Gasteiger partial charge in [0.05, 0.1) is 12.6 Å². The number of ketones is 1. The number of carbonyl (C=O) groups excluding carboxylic acids is 1. The second-order valence-electron chi connectivity index (χ2n) is 9.08. The van der Waals surface area contributed by atoms with Gasteiger partial charge in [-0.2, -0.15) is 0 Å². The Balaban J connectivity index is 1.39. The van der Waals surface area contributed by atoms with E-state index in [1.54, 1.807) is 13.3 Å². The Morgan fingerprint density at radius 2 is 1.80 bits per heavy atom. The second-order valence-corrected chi connectivity index (χ2v) is 9.08. The maximum Gasteiger partial charge on any atom is 0.178 e. The molecule has 0 aliphatic carbocycles. The van der Waals surface area contributed by atoms with Crippen LogP contribution in [-0.2, 0) is 0 Å². The third-order valence-corrected chi connectivity index (χ3v) is 6.67. The molecule has 4 aromatic rings. The highest BCUT2D eigenvalue weighted by Crippen LogP contribution is 2.30. The number of nitrogens with one attached hydrogen (secondary N) is 1. The summed E-state index contributed by atoms with van der Waals surface area (Å²) in [4.78, 5) is 28.1. The number of aromatic nitrogens is 3. The van der Waals surface area contributed by atoms with Crippen LogP contribution in [0.3, 0.4) is 0 Å². The Labute approximate surface area is 205 Å². The molecule has 1 aliphatic heterocycles. The molecule has 0 fully saturated rings. The monoisotopic (exact) mass is 466 g/mol. The number of Topliss-reactive ketones (excluding diaryl/α,β-unsaturated/α-hetero) is 1. The second kappa shape index (κ2) is 10.2. The molecule has 0 bridgehead atoms. The Bertz CT molecular complexity index is 1340. The van der Waals surface area contributed by atoms with Crippen molar-refractivity contribution in [2.24, 2.45) is 5.92 Å². The number of hydrogen-bond acceptors (Lipinski definition) is 5. The van der Waals surface area contributed by atoms with Gasteiger partial charge in [-0.15, -0.1) is 0 Å². The first-order valence-electron chi connectivity index (χ1n) is 12.1. The Morgan fingerprint density at radius 1 is 1.03 bits per heavy atom. The number of H-pyrrole nitrogens is 1. The zero-order valence-corrected chi connectivity index (χ0v) is 20.2. The summed E-state index contributed by atoms with van der Waals surface area (Å²) in [5.41, 5.74) is 5.28. The molecule has 35 heavy (non-hydrogen) atoms. The van der Waals surface area contributed by atoms with Crippen LogP contribution in [0.25, 0.3) is 33.7 Å². The van der Waals surface area contributed by atoms with Crippen molar-refractivity contribution in [1.29, 1.82) is 0 Å². The van der Waals surface area contributed by atoms with Crippen LogP contribution in [0.15, 0.2) is 72.9 Å². The zero-order valence-electron chi connectivity index (χ0n) is 20.2. The topological polar surface area (TPSA) is 71.1 Å². The van der Waals surface area contributed by atoms with E-state index in [-0.39, 0.29) is 11.7 Å². The van der Waals surface area contributed by atoms with Gasteiger partial charge in [-0.1, -0.05) is 48.6 Å². The molecular weight excluding hydrogens is 436 g/mol. The lowest BCUT2D eigenvalue weighted by Gasteiger charge is -2.17. The molecule has 0 spiro atoms. The molecule has 1 aliphatic rings. The normalized spacial score (nSPS) is 17.9. The predicted molar refractivity (Wildman–Crippen MR) is 140 cm³/mol. The SMILES string of the molecule is COc1ccc(-c2ccnc3nc(-c4ccc(C(=O)C5/C=C/CCCN(C)CC5)cc4)[nH]c23)cc1. The van der Waals surface area contributed by atoms with E-state index in [2.05, 4.69) is 34.1 Å². The zero-order chi connectivity index (χ0) is 24.2. The predicted octanol–water partition coefficient (Wildman–Crippen LogP) is 5.77. The highest BCUT2D eigenvalue weighted by molar-refractivity contribution is 5.99. The van der Waals surface area contributed by atoms with Gasteiger partial charge in [-0.3, -0.25) is 4.79 Å². The minimum Gasteiger partial charge on any atom is -0.497 e. The Hall–Kier alpha value is -3.77. The highest BCUT2D eigenvalue weighted by atomic mass is 16.5. The largest absolute Gasteiger partial charge is 0.497 e. The highest BCUT2D eigenvalue weighted by Gasteiger charge is 2.19. The number of allylic oxidation sites excluding steroid dienone is 2. The van der Waals surface area contributed by atoms with Gasteiger partial charge < -0.3 is 14.6 Å².